The quantitative estimate of drug-likeness (QED) is 0.506. The smallest absolute Gasteiger partial charge is 0.321 e. The molecule has 0 atom stereocenters. The highest BCUT2D eigenvalue weighted by Crippen LogP contribution is 2.26. The first-order valence-electron chi connectivity index (χ1n) is 12.5. The number of benzene rings is 1. The number of amides is 3. The summed E-state index contributed by atoms with van der Waals surface area (Å²) in [5.41, 5.74) is 3.13. The van der Waals surface area contributed by atoms with E-state index in [9.17, 15) is 9.59 Å². The zero-order valence-electron chi connectivity index (χ0n) is 20.8. The van der Waals surface area contributed by atoms with Gasteiger partial charge in [0.15, 0.2) is 5.82 Å². The Morgan fingerprint density at radius 2 is 1.78 bits per heavy atom. The zero-order valence-corrected chi connectivity index (χ0v) is 20.8. The molecule has 3 aromatic rings. The fourth-order valence-corrected chi connectivity index (χ4v) is 4.66. The van der Waals surface area contributed by atoms with Crippen LogP contribution in [0.5, 0.6) is 0 Å². The summed E-state index contributed by atoms with van der Waals surface area (Å²) in [6.45, 7) is 9.16. The number of nitrogens with zero attached hydrogens (tertiary/aromatic N) is 4. The number of ether oxygens (including phenoxy) is 1. The highest BCUT2D eigenvalue weighted by Gasteiger charge is 2.25. The Hall–Kier alpha value is -3.79. The average Bonchev–Trinajstić information content (AvgIpc) is 3.32. The summed E-state index contributed by atoms with van der Waals surface area (Å²) in [6.07, 6.45) is 1.81. The van der Waals surface area contributed by atoms with Gasteiger partial charge in [-0.05, 0) is 50.2 Å². The van der Waals surface area contributed by atoms with Gasteiger partial charge in [0.2, 0.25) is 0 Å². The van der Waals surface area contributed by atoms with E-state index in [0.29, 0.717) is 69.9 Å². The summed E-state index contributed by atoms with van der Waals surface area (Å²) in [4.78, 5) is 39.4. The van der Waals surface area contributed by atoms with Crippen LogP contribution in [0, 0.1) is 0 Å². The number of nitrogens with one attached hydrogen (secondary N) is 3. The maximum atomic E-state index is 13.3. The van der Waals surface area contributed by atoms with Crippen LogP contribution in [-0.2, 0) is 4.74 Å². The zero-order chi connectivity index (χ0) is 25.1. The standard InChI is InChI=1S/C26H33N7O3/c1-18(2)28-22-4-3-7-27-24(22)31-8-10-32(11-9-31)25(34)23-17-19-16-20(5-6-21(19)30-23)29-26(35)33-12-14-36-15-13-33/h3-7,16-18,28,30H,8-15H2,1-2H3,(H,29,35). The maximum absolute atomic E-state index is 13.3. The van der Waals surface area contributed by atoms with Crippen molar-refractivity contribution in [1.29, 1.82) is 0 Å². The molecule has 0 saturated carbocycles. The SMILES string of the molecule is CC(C)Nc1cccnc1N1CCN(C(=O)c2cc3cc(NC(=O)N4CCOCC4)ccc3[nH]2)CC1. The van der Waals surface area contributed by atoms with Crippen LogP contribution in [0.2, 0.25) is 0 Å². The molecule has 0 radical (unpaired) electrons. The van der Waals surface area contributed by atoms with Gasteiger partial charge in [-0.2, -0.15) is 0 Å². The summed E-state index contributed by atoms with van der Waals surface area (Å²) >= 11 is 0. The Kier molecular flexibility index (Phi) is 6.95. The van der Waals surface area contributed by atoms with Crippen LogP contribution in [0.4, 0.5) is 22.0 Å². The van der Waals surface area contributed by atoms with Crippen molar-refractivity contribution >= 4 is 40.0 Å². The molecule has 2 aliphatic heterocycles. The Morgan fingerprint density at radius 1 is 1.00 bits per heavy atom. The maximum Gasteiger partial charge on any atom is 0.321 e. The highest BCUT2D eigenvalue weighted by atomic mass is 16.5. The number of fused-ring (bicyclic) bond motifs is 1. The van der Waals surface area contributed by atoms with Gasteiger partial charge < -0.3 is 35.1 Å². The van der Waals surface area contributed by atoms with Gasteiger partial charge in [-0.1, -0.05) is 0 Å². The van der Waals surface area contributed by atoms with Crippen LogP contribution in [0.25, 0.3) is 10.9 Å². The molecule has 3 amide bonds. The van der Waals surface area contributed by atoms with Crippen LogP contribution in [0.3, 0.4) is 0 Å². The summed E-state index contributed by atoms with van der Waals surface area (Å²) in [6, 6.07) is 11.6. The minimum Gasteiger partial charge on any atom is -0.380 e. The van der Waals surface area contributed by atoms with Crippen LogP contribution in [0.15, 0.2) is 42.6 Å². The predicted molar refractivity (Wildman–Crippen MR) is 141 cm³/mol. The minimum atomic E-state index is -0.137. The van der Waals surface area contributed by atoms with Crippen molar-refractivity contribution in [2.24, 2.45) is 0 Å². The van der Waals surface area contributed by atoms with E-state index in [4.69, 9.17) is 4.74 Å². The average molecular weight is 492 g/mol. The van der Waals surface area contributed by atoms with Crippen molar-refractivity contribution in [3.8, 4) is 0 Å². The first-order valence-corrected chi connectivity index (χ1v) is 12.5. The van der Waals surface area contributed by atoms with Crippen molar-refractivity contribution in [3.05, 3.63) is 48.3 Å². The summed E-state index contributed by atoms with van der Waals surface area (Å²) in [5.74, 6) is 0.905. The van der Waals surface area contributed by atoms with Crippen LogP contribution in [0.1, 0.15) is 24.3 Å². The van der Waals surface area contributed by atoms with Crippen molar-refractivity contribution in [2.45, 2.75) is 19.9 Å². The number of hydrogen-bond acceptors (Lipinski definition) is 6. The van der Waals surface area contributed by atoms with Crippen LogP contribution >= 0.6 is 0 Å². The molecule has 2 fully saturated rings. The fourth-order valence-electron chi connectivity index (χ4n) is 4.66. The largest absolute Gasteiger partial charge is 0.380 e. The molecule has 190 valence electrons. The molecule has 36 heavy (non-hydrogen) atoms. The predicted octanol–water partition coefficient (Wildman–Crippen LogP) is 3.21. The van der Waals surface area contributed by atoms with Gasteiger partial charge in [-0.15, -0.1) is 0 Å². The van der Waals surface area contributed by atoms with Gasteiger partial charge in [0.05, 0.1) is 18.9 Å². The fraction of sp³-hybridized carbons (Fsp3) is 0.423. The van der Waals surface area contributed by atoms with E-state index in [2.05, 4.69) is 39.3 Å². The van der Waals surface area contributed by atoms with Crippen LogP contribution < -0.4 is 15.5 Å². The Morgan fingerprint density at radius 3 is 2.53 bits per heavy atom. The van der Waals surface area contributed by atoms with Crippen LogP contribution in [-0.4, -0.2) is 90.2 Å². The number of rotatable bonds is 5. The summed E-state index contributed by atoms with van der Waals surface area (Å²) in [7, 11) is 0. The topological polar surface area (TPSA) is 106 Å². The number of morpholine rings is 1. The van der Waals surface area contributed by atoms with E-state index in [-0.39, 0.29) is 11.9 Å². The van der Waals surface area contributed by atoms with E-state index in [1.807, 2.05) is 41.3 Å². The number of aromatic nitrogens is 2. The number of piperazine rings is 1. The van der Waals surface area contributed by atoms with E-state index in [1.165, 1.54) is 0 Å². The number of carbonyl (C=O) groups excluding carboxylic acids is 2. The molecule has 0 bridgehead atoms. The van der Waals surface area contributed by atoms with E-state index in [1.54, 1.807) is 11.1 Å². The molecule has 10 nitrogen and oxygen atoms in total. The second-order valence-electron chi connectivity index (χ2n) is 9.47. The minimum absolute atomic E-state index is 0.0219. The van der Waals surface area contributed by atoms with E-state index in [0.717, 1.165) is 22.4 Å². The number of anilines is 3. The second-order valence-corrected chi connectivity index (χ2v) is 9.47. The Bertz CT molecular complexity index is 1230. The number of H-pyrrole nitrogens is 1. The third-order valence-electron chi connectivity index (χ3n) is 6.50. The third kappa shape index (κ3) is 5.23. The molecule has 3 N–H and O–H groups in total. The second kappa shape index (κ2) is 10.4. The molecule has 5 rings (SSSR count). The van der Waals surface area contributed by atoms with Crippen molar-refractivity contribution in [2.75, 3.05) is 68.0 Å². The van der Waals surface area contributed by atoms with E-state index < -0.39 is 0 Å². The molecular weight excluding hydrogens is 458 g/mol. The summed E-state index contributed by atoms with van der Waals surface area (Å²) < 4.78 is 5.31. The molecule has 0 spiro atoms. The van der Waals surface area contributed by atoms with Gasteiger partial charge in [0.1, 0.15) is 5.69 Å². The van der Waals surface area contributed by atoms with Crippen molar-refractivity contribution < 1.29 is 14.3 Å². The molecule has 2 saturated heterocycles. The van der Waals surface area contributed by atoms with E-state index >= 15 is 0 Å². The molecule has 1 aromatic carbocycles. The van der Waals surface area contributed by atoms with Gasteiger partial charge in [0, 0.05) is 68.1 Å². The number of aromatic amines is 1. The molecule has 2 aliphatic rings. The lowest BCUT2D eigenvalue weighted by molar-refractivity contribution is 0.0564. The number of carbonyl (C=O) groups is 2. The molecule has 0 aliphatic carbocycles. The Balaban J connectivity index is 1.22. The van der Waals surface area contributed by atoms with Crippen molar-refractivity contribution in [1.82, 2.24) is 19.8 Å². The molecular formula is C26H33N7O3. The monoisotopic (exact) mass is 491 g/mol. The lowest BCUT2D eigenvalue weighted by Gasteiger charge is -2.36. The normalized spacial score (nSPS) is 16.5. The van der Waals surface area contributed by atoms with Crippen molar-refractivity contribution in [3.63, 3.8) is 0 Å². The molecule has 2 aromatic heterocycles. The third-order valence-corrected chi connectivity index (χ3v) is 6.50. The first-order chi connectivity index (χ1) is 17.5. The lowest BCUT2D eigenvalue weighted by atomic mass is 10.2. The van der Waals surface area contributed by atoms with Gasteiger partial charge in [-0.3, -0.25) is 4.79 Å². The molecule has 4 heterocycles. The highest BCUT2D eigenvalue weighted by molar-refractivity contribution is 6.00. The number of hydrogen-bond donors (Lipinski definition) is 3. The van der Waals surface area contributed by atoms with Gasteiger partial charge in [0.25, 0.3) is 5.91 Å². The summed E-state index contributed by atoms with van der Waals surface area (Å²) in [5, 5.41) is 7.29. The Labute approximate surface area is 210 Å². The van der Waals surface area contributed by atoms with Gasteiger partial charge in [-0.25, -0.2) is 9.78 Å². The molecule has 10 heteroatoms. The molecule has 0 unspecified atom stereocenters. The number of pyridine rings is 1. The number of urea groups is 1. The van der Waals surface area contributed by atoms with Gasteiger partial charge >= 0.3 is 6.03 Å². The lowest BCUT2D eigenvalue weighted by Crippen LogP contribution is -2.49. The first kappa shape index (κ1) is 23.9.